The number of hydrogen-bond acceptors (Lipinski definition) is 4. The first-order valence-corrected chi connectivity index (χ1v) is 8.51. The lowest BCUT2D eigenvalue weighted by molar-refractivity contribution is -0.143. The van der Waals surface area contributed by atoms with E-state index in [1.807, 2.05) is 0 Å². The molecule has 4 rings (SSSR count). The van der Waals surface area contributed by atoms with Crippen LogP contribution in [0, 0.1) is 6.92 Å². The highest BCUT2D eigenvalue weighted by molar-refractivity contribution is 6.39. The zero-order valence-corrected chi connectivity index (χ0v) is 15.0. The normalized spacial score (nSPS) is 16.7. The van der Waals surface area contributed by atoms with Gasteiger partial charge in [0.15, 0.2) is 5.82 Å². The minimum absolute atomic E-state index is 0.0308. The summed E-state index contributed by atoms with van der Waals surface area (Å²) >= 11 is 12.3. The van der Waals surface area contributed by atoms with Gasteiger partial charge in [-0.15, -0.1) is 10.2 Å². The van der Waals surface area contributed by atoms with Crippen LogP contribution in [0.1, 0.15) is 22.1 Å². The lowest BCUT2D eigenvalue weighted by atomic mass is 10.1. The largest absolute Gasteiger partial charge is 0.480 e. The Hall–Kier alpha value is -2.58. The molecular weight excluding hydrogens is 381 g/mol. The Kier molecular flexibility index (Phi) is 3.89. The summed E-state index contributed by atoms with van der Waals surface area (Å²) < 4.78 is 1.70. The fourth-order valence-electron chi connectivity index (χ4n) is 3.16. The maximum absolute atomic E-state index is 13.1. The van der Waals surface area contributed by atoms with Crippen LogP contribution in [0.15, 0.2) is 18.2 Å². The molecule has 0 fully saturated rings. The van der Waals surface area contributed by atoms with Gasteiger partial charge >= 0.3 is 5.97 Å². The number of aliphatic carboxylic acids is 1. The summed E-state index contributed by atoms with van der Waals surface area (Å²) in [7, 11) is 0. The summed E-state index contributed by atoms with van der Waals surface area (Å²) in [5, 5.41) is 18.9. The average Bonchev–Trinajstić information content (AvgIpc) is 3.14. The average molecular weight is 394 g/mol. The molecule has 8 nitrogen and oxygen atoms in total. The number of amides is 1. The van der Waals surface area contributed by atoms with E-state index in [1.54, 1.807) is 29.7 Å². The fourth-order valence-corrected chi connectivity index (χ4v) is 3.62. The molecule has 1 atom stereocenters. The maximum Gasteiger partial charge on any atom is 0.328 e. The van der Waals surface area contributed by atoms with Crippen molar-refractivity contribution in [2.45, 2.75) is 26.1 Å². The molecule has 134 valence electrons. The van der Waals surface area contributed by atoms with E-state index in [9.17, 15) is 14.7 Å². The van der Waals surface area contributed by atoms with E-state index in [4.69, 9.17) is 23.2 Å². The Bertz CT molecular complexity index is 1060. The van der Waals surface area contributed by atoms with Crippen LogP contribution >= 0.6 is 23.2 Å². The highest BCUT2D eigenvalue weighted by atomic mass is 35.5. The van der Waals surface area contributed by atoms with Crippen LogP contribution in [0.2, 0.25) is 10.0 Å². The smallest absolute Gasteiger partial charge is 0.328 e. The standard InChI is InChI=1S/C16H13Cl2N5O3/c1-7-20-21-12-6-23(11(16(25)26)5-22(7)12)15(24)14-13(18)9-4-8(17)2-3-10(9)19-14/h2-4,11,19H,5-6H2,1H3,(H,25,26). The highest BCUT2D eigenvalue weighted by Crippen LogP contribution is 2.31. The third kappa shape index (κ3) is 2.53. The van der Waals surface area contributed by atoms with Crippen molar-refractivity contribution in [1.82, 2.24) is 24.6 Å². The van der Waals surface area contributed by atoms with Gasteiger partial charge in [-0.05, 0) is 25.1 Å². The number of H-pyrrole nitrogens is 1. The molecule has 0 saturated heterocycles. The van der Waals surface area contributed by atoms with Crippen LogP contribution in [0.4, 0.5) is 0 Å². The summed E-state index contributed by atoms with van der Waals surface area (Å²) in [6, 6.07) is 4.00. The van der Waals surface area contributed by atoms with E-state index in [1.165, 1.54) is 4.90 Å². The maximum atomic E-state index is 13.1. The molecule has 0 aliphatic carbocycles. The predicted molar refractivity (Wildman–Crippen MR) is 94.4 cm³/mol. The van der Waals surface area contributed by atoms with E-state index < -0.39 is 17.9 Å². The second kappa shape index (κ2) is 6.00. The first-order chi connectivity index (χ1) is 12.4. The number of aryl methyl sites for hydroxylation is 1. The van der Waals surface area contributed by atoms with Gasteiger partial charge in [0, 0.05) is 15.9 Å². The number of halogens is 2. The van der Waals surface area contributed by atoms with Crippen LogP contribution in [0.3, 0.4) is 0 Å². The summed E-state index contributed by atoms with van der Waals surface area (Å²) in [5.41, 5.74) is 0.769. The van der Waals surface area contributed by atoms with Gasteiger partial charge < -0.3 is 19.6 Å². The first-order valence-electron chi connectivity index (χ1n) is 7.76. The number of aromatic nitrogens is 4. The van der Waals surface area contributed by atoms with Crippen LogP contribution in [0.25, 0.3) is 10.9 Å². The Morgan fingerprint density at radius 1 is 1.31 bits per heavy atom. The number of hydrogen-bond donors (Lipinski definition) is 2. The zero-order chi connectivity index (χ0) is 18.6. The minimum Gasteiger partial charge on any atom is -0.480 e. The molecule has 0 radical (unpaired) electrons. The van der Waals surface area contributed by atoms with Crippen molar-refractivity contribution in [2.24, 2.45) is 0 Å². The van der Waals surface area contributed by atoms with E-state index in [0.717, 1.165) is 0 Å². The summed E-state index contributed by atoms with van der Waals surface area (Å²) in [5.74, 6) is -0.478. The number of aromatic amines is 1. The predicted octanol–water partition coefficient (Wildman–Crippen LogP) is 2.48. The number of fused-ring (bicyclic) bond motifs is 2. The van der Waals surface area contributed by atoms with E-state index in [2.05, 4.69) is 15.2 Å². The topological polar surface area (TPSA) is 104 Å². The van der Waals surface area contributed by atoms with Crippen LogP contribution in [0.5, 0.6) is 0 Å². The summed E-state index contributed by atoms with van der Waals surface area (Å²) in [6.45, 7) is 1.85. The van der Waals surface area contributed by atoms with Crippen LogP contribution in [-0.4, -0.2) is 47.7 Å². The molecule has 0 bridgehead atoms. The Morgan fingerprint density at radius 2 is 2.08 bits per heavy atom. The van der Waals surface area contributed by atoms with Gasteiger partial charge in [-0.1, -0.05) is 23.2 Å². The van der Waals surface area contributed by atoms with Crippen molar-refractivity contribution in [3.63, 3.8) is 0 Å². The third-order valence-electron chi connectivity index (χ3n) is 4.51. The molecule has 3 aromatic rings. The molecule has 26 heavy (non-hydrogen) atoms. The number of rotatable bonds is 2. The summed E-state index contributed by atoms with van der Waals surface area (Å²) in [4.78, 5) is 29.0. The number of nitrogens with zero attached hydrogens (tertiary/aromatic N) is 4. The van der Waals surface area contributed by atoms with Crippen molar-refractivity contribution in [2.75, 3.05) is 0 Å². The van der Waals surface area contributed by atoms with Crippen molar-refractivity contribution in [3.05, 3.63) is 45.6 Å². The van der Waals surface area contributed by atoms with Crippen molar-refractivity contribution in [3.8, 4) is 0 Å². The summed E-state index contributed by atoms with van der Waals surface area (Å²) in [6.07, 6.45) is 0. The second-order valence-electron chi connectivity index (χ2n) is 6.07. The molecular formula is C16H13Cl2N5O3. The SMILES string of the molecule is Cc1nnc2n1CC(C(=O)O)N(C(=O)c1[nH]c3ccc(Cl)cc3c1Cl)C2. The molecule has 0 spiro atoms. The molecule has 0 saturated carbocycles. The Labute approximate surface area is 157 Å². The molecule has 2 N–H and O–H groups in total. The lowest BCUT2D eigenvalue weighted by Crippen LogP contribution is -2.50. The third-order valence-corrected chi connectivity index (χ3v) is 5.14. The van der Waals surface area contributed by atoms with Gasteiger partial charge in [0.2, 0.25) is 0 Å². The van der Waals surface area contributed by atoms with Crippen molar-refractivity contribution < 1.29 is 14.7 Å². The van der Waals surface area contributed by atoms with Gasteiger partial charge in [-0.2, -0.15) is 0 Å². The van der Waals surface area contributed by atoms with Crippen molar-refractivity contribution >= 4 is 46.0 Å². The van der Waals surface area contributed by atoms with Gasteiger partial charge in [-0.25, -0.2) is 4.79 Å². The molecule has 1 unspecified atom stereocenters. The van der Waals surface area contributed by atoms with Gasteiger partial charge in [0.25, 0.3) is 5.91 Å². The fraction of sp³-hybridized carbons (Fsp3) is 0.250. The number of carbonyl (C=O) groups is 2. The molecule has 1 aromatic carbocycles. The molecule has 1 aliphatic rings. The van der Waals surface area contributed by atoms with Gasteiger partial charge in [0.1, 0.15) is 17.6 Å². The number of carbonyl (C=O) groups excluding carboxylic acids is 1. The number of benzene rings is 1. The zero-order valence-electron chi connectivity index (χ0n) is 13.5. The minimum atomic E-state index is -1.10. The number of nitrogens with one attached hydrogen (secondary N) is 1. The van der Waals surface area contributed by atoms with Crippen molar-refractivity contribution in [1.29, 1.82) is 0 Å². The number of carboxylic acid groups (broad SMARTS) is 1. The molecule has 10 heteroatoms. The van der Waals surface area contributed by atoms with Crippen LogP contribution < -0.4 is 0 Å². The Balaban J connectivity index is 1.77. The van der Waals surface area contributed by atoms with Crippen LogP contribution in [-0.2, 0) is 17.9 Å². The van der Waals surface area contributed by atoms with E-state index in [-0.39, 0.29) is 23.8 Å². The first kappa shape index (κ1) is 16.9. The monoisotopic (exact) mass is 393 g/mol. The quantitative estimate of drug-likeness (QED) is 0.695. The van der Waals surface area contributed by atoms with Gasteiger partial charge in [-0.3, -0.25) is 4.79 Å². The molecule has 2 aromatic heterocycles. The molecule has 1 amide bonds. The molecule has 3 heterocycles. The highest BCUT2D eigenvalue weighted by Gasteiger charge is 2.38. The van der Waals surface area contributed by atoms with E-state index >= 15 is 0 Å². The lowest BCUT2D eigenvalue weighted by Gasteiger charge is -2.33. The second-order valence-corrected chi connectivity index (χ2v) is 6.88. The Morgan fingerprint density at radius 3 is 2.81 bits per heavy atom. The molecule has 1 aliphatic heterocycles. The van der Waals surface area contributed by atoms with E-state index in [0.29, 0.717) is 27.6 Å². The number of carboxylic acids is 1. The van der Waals surface area contributed by atoms with Gasteiger partial charge in [0.05, 0.1) is 18.1 Å².